The molecule has 1 atom stereocenters. The van der Waals surface area contributed by atoms with E-state index in [-0.39, 0.29) is 6.10 Å². The Morgan fingerprint density at radius 1 is 1.80 bits per heavy atom. The van der Waals surface area contributed by atoms with Gasteiger partial charge in [-0.3, -0.25) is 0 Å². The highest BCUT2D eigenvalue weighted by Gasteiger charge is 2.22. The maximum absolute atomic E-state index is 5.71. The van der Waals surface area contributed by atoms with Crippen LogP contribution in [0.15, 0.2) is 5.38 Å². The van der Waals surface area contributed by atoms with Crippen molar-refractivity contribution < 1.29 is 4.74 Å². The number of fused-ring (bicyclic) bond motifs is 1. The summed E-state index contributed by atoms with van der Waals surface area (Å²) in [6.45, 7) is 2.78. The van der Waals surface area contributed by atoms with Crippen LogP contribution < -0.4 is 5.73 Å². The quantitative estimate of drug-likeness (QED) is 0.621. The summed E-state index contributed by atoms with van der Waals surface area (Å²) >= 11 is 1.69. The van der Waals surface area contributed by atoms with E-state index in [0.717, 1.165) is 12.3 Å². The first-order valence-corrected chi connectivity index (χ1v) is 4.14. The van der Waals surface area contributed by atoms with E-state index >= 15 is 0 Å². The van der Waals surface area contributed by atoms with E-state index < -0.39 is 0 Å². The highest BCUT2D eigenvalue weighted by Crippen LogP contribution is 2.38. The first-order chi connectivity index (χ1) is 4.79. The maximum Gasteiger partial charge on any atom is 0.0833 e. The predicted molar refractivity (Wildman–Crippen MR) is 41.9 cm³/mol. The van der Waals surface area contributed by atoms with E-state index in [0.29, 0.717) is 0 Å². The lowest BCUT2D eigenvalue weighted by Crippen LogP contribution is -1.92. The average molecular weight is 155 g/mol. The standard InChI is InChI=1S/C7H9NOS/c1-4-7-5(8)3-10-6(7)2-9-4/h3-4H,2,8H2,1H3. The number of rotatable bonds is 0. The largest absolute Gasteiger partial charge is 0.398 e. The van der Waals surface area contributed by atoms with Gasteiger partial charge in [0.1, 0.15) is 0 Å². The monoisotopic (exact) mass is 155 g/mol. The zero-order chi connectivity index (χ0) is 7.14. The second-order valence-corrected chi connectivity index (χ2v) is 3.45. The second kappa shape index (κ2) is 1.97. The van der Waals surface area contributed by atoms with Crippen LogP contribution in [0.3, 0.4) is 0 Å². The second-order valence-electron chi connectivity index (χ2n) is 2.48. The summed E-state index contributed by atoms with van der Waals surface area (Å²) < 4.78 is 5.37. The fourth-order valence-electron chi connectivity index (χ4n) is 1.28. The first-order valence-electron chi connectivity index (χ1n) is 3.26. The molecule has 2 heterocycles. The van der Waals surface area contributed by atoms with Gasteiger partial charge >= 0.3 is 0 Å². The minimum Gasteiger partial charge on any atom is -0.398 e. The Bertz CT molecular complexity index is 256. The Balaban J connectivity index is 2.54. The van der Waals surface area contributed by atoms with Crippen LogP contribution in [0.25, 0.3) is 0 Å². The van der Waals surface area contributed by atoms with Gasteiger partial charge in [-0.25, -0.2) is 0 Å². The van der Waals surface area contributed by atoms with Crippen LogP contribution in [0.4, 0.5) is 5.69 Å². The van der Waals surface area contributed by atoms with Crippen molar-refractivity contribution in [3.8, 4) is 0 Å². The molecule has 0 bridgehead atoms. The Morgan fingerprint density at radius 3 is 3.30 bits per heavy atom. The van der Waals surface area contributed by atoms with E-state index in [1.807, 2.05) is 12.3 Å². The molecule has 1 aliphatic heterocycles. The number of thiophene rings is 1. The number of nitrogen functional groups attached to an aromatic ring is 1. The van der Waals surface area contributed by atoms with Crippen LogP contribution >= 0.6 is 11.3 Å². The molecule has 0 spiro atoms. The van der Waals surface area contributed by atoms with Crippen LogP contribution in [-0.2, 0) is 11.3 Å². The van der Waals surface area contributed by atoms with Crippen LogP contribution in [0, 0.1) is 0 Å². The summed E-state index contributed by atoms with van der Waals surface area (Å²) in [5.74, 6) is 0. The molecular weight excluding hydrogens is 146 g/mol. The lowest BCUT2D eigenvalue weighted by molar-refractivity contribution is 0.0805. The Hall–Kier alpha value is -0.540. The molecular formula is C7H9NOS. The number of anilines is 1. The van der Waals surface area contributed by atoms with E-state index in [1.54, 1.807) is 11.3 Å². The molecule has 0 saturated heterocycles. The van der Waals surface area contributed by atoms with Crippen molar-refractivity contribution in [2.45, 2.75) is 19.6 Å². The third kappa shape index (κ3) is 0.676. The summed E-state index contributed by atoms with van der Waals surface area (Å²) in [6, 6.07) is 0. The van der Waals surface area contributed by atoms with Crippen molar-refractivity contribution in [1.29, 1.82) is 0 Å². The molecule has 2 N–H and O–H groups in total. The zero-order valence-corrected chi connectivity index (χ0v) is 6.57. The van der Waals surface area contributed by atoms with Gasteiger partial charge in [-0.1, -0.05) is 0 Å². The van der Waals surface area contributed by atoms with Gasteiger partial charge in [-0.15, -0.1) is 11.3 Å². The third-order valence-corrected chi connectivity index (χ3v) is 2.80. The van der Waals surface area contributed by atoms with Crippen LogP contribution in [0.5, 0.6) is 0 Å². The molecule has 0 aromatic carbocycles. The van der Waals surface area contributed by atoms with Crippen LogP contribution in [0.2, 0.25) is 0 Å². The van der Waals surface area contributed by atoms with E-state index in [9.17, 15) is 0 Å². The topological polar surface area (TPSA) is 35.2 Å². The summed E-state index contributed by atoms with van der Waals surface area (Å²) in [5.41, 5.74) is 7.82. The highest BCUT2D eigenvalue weighted by molar-refractivity contribution is 7.10. The molecule has 1 aliphatic rings. The van der Waals surface area contributed by atoms with Gasteiger partial charge in [0.25, 0.3) is 0 Å². The van der Waals surface area contributed by atoms with Crippen molar-refractivity contribution >= 4 is 17.0 Å². The number of nitrogens with two attached hydrogens (primary N) is 1. The third-order valence-electron chi connectivity index (χ3n) is 1.81. The molecule has 2 nitrogen and oxygen atoms in total. The Morgan fingerprint density at radius 2 is 2.60 bits per heavy atom. The molecule has 54 valence electrons. The molecule has 1 aromatic heterocycles. The number of hydrogen-bond acceptors (Lipinski definition) is 3. The molecule has 10 heavy (non-hydrogen) atoms. The Kier molecular flexibility index (Phi) is 1.22. The van der Waals surface area contributed by atoms with Crippen molar-refractivity contribution in [2.24, 2.45) is 0 Å². The predicted octanol–water partition coefficient (Wildman–Crippen LogP) is 1.92. The van der Waals surface area contributed by atoms with Gasteiger partial charge in [0, 0.05) is 21.5 Å². The van der Waals surface area contributed by atoms with Crippen molar-refractivity contribution in [3.63, 3.8) is 0 Å². The summed E-state index contributed by atoms with van der Waals surface area (Å²) in [4.78, 5) is 1.30. The maximum atomic E-state index is 5.71. The van der Waals surface area contributed by atoms with E-state index in [2.05, 4.69) is 0 Å². The highest BCUT2D eigenvalue weighted by atomic mass is 32.1. The van der Waals surface area contributed by atoms with Crippen LogP contribution in [-0.4, -0.2) is 0 Å². The van der Waals surface area contributed by atoms with Crippen LogP contribution in [0.1, 0.15) is 23.5 Å². The summed E-state index contributed by atoms with van der Waals surface area (Å²) in [7, 11) is 0. The zero-order valence-electron chi connectivity index (χ0n) is 5.76. The SMILES string of the molecule is CC1OCc2scc(N)c21. The molecule has 3 heteroatoms. The van der Waals surface area contributed by atoms with Gasteiger partial charge in [0.15, 0.2) is 0 Å². The van der Waals surface area contributed by atoms with Gasteiger partial charge in [-0.2, -0.15) is 0 Å². The number of hydrogen-bond donors (Lipinski definition) is 1. The summed E-state index contributed by atoms with van der Waals surface area (Å²) in [5, 5.41) is 1.99. The molecule has 0 radical (unpaired) electrons. The molecule has 0 fully saturated rings. The number of ether oxygens (including phenoxy) is 1. The minimum absolute atomic E-state index is 0.209. The van der Waals surface area contributed by atoms with Gasteiger partial charge < -0.3 is 10.5 Å². The molecule has 1 unspecified atom stereocenters. The molecule has 1 aromatic rings. The minimum atomic E-state index is 0.209. The fraction of sp³-hybridized carbons (Fsp3) is 0.429. The molecule has 2 rings (SSSR count). The molecule has 0 aliphatic carbocycles. The van der Waals surface area contributed by atoms with Crippen molar-refractivity contribution in [2.75, 3.05) is 5.73 Å². The van der Waals surface area contributed by atoms with Gasteiger partial charge in [-0.05, 0) is 6.92 Å². The van der Waals surface area contributed by atoms with Gasteiger partial charge in [0.2, 0.25) is 0 Å². The normalized spacial score (nSPS) is 23.1. The first kappa shape index (κ1) is 6.19. The Labute approximate surface area is 63.6 Å². The molecule has 0 saturated carbocycles. The summed E-state index contributed by atoms with van der Waals surface area (Å²) in [6.07, 6.45) is 0.209. The molecule has 0 amide bonds. The van der Waals surface area contributed by atoms with Gasteiger partial charge in [0.05, 0.1) is 12.7 Å². The van der Waals surface area contributed by atoms with Crippen molar-refractivity contribution in [3.05, 3.63) is 15.8 Å². The smallest absolute Gasteiger partial charge is 0.0833 e. The van der Waals surface area contributed by atoms with E-state index in [4.69, 9.17) is 10.5 Å². The lowest BCUT2D eigenvalue weighted by atomic mass is 10.2. The average Bonchev–Trinajstić information content (AvgIpc) is 2.40. The van der Waals surface area contributed by atoms with E-state index in [1.165, 1.54) is 10.4 Å². The van der Waals surface area contributed by atoms with Crippen molar-refractivity contribution in [1.82, 2.24) is 0 Å². The lowest BCUT2D eigenvalue weighted by Gasteiger charge is -2.01. The fourth-order valence-corrected chi connectivity index (χ4v) is 2.22.